The van der Waals surface area contributed by atoms with Crippen LogP contribution >= 0.6 is 0 Å². The highest BCUT2D eigenvalue weighted by molar-refractivity contribution is 5.54. The number of aliphatic hydroxyl groups is 1. The van der Waals surface area contributed by atoms with E-state index >= 15 is 0 Å². The van der Waals surface area contributed by atoms with Crippen LogP contribution < -0.4 is 4.90 Å². The van der Waals surface area contributed by atoms with Gasteiger partial charge in [-0.25, -0.2) is 0 Å². The van der Waals surface area contributed by atoms with Gasteiger partial charge in [0.25, 0.3) is 0 Å². The molecule has 1 rings (SSSR count). The summed E-state index contributed by atoms with van der Waals surface area (Å²) in [4.78, 5) is 2.24. The maximum absolute atomic E-state index is 9.87. The third-order valence-electron chi connectivity index (χ3n) is 3.07. The molecule has 1 atom stereocenters. The van der Waals surface area contributed by atoms with Gasteiger partial charge in [-0.3, -0.25) is 0 Å². The largest absolute Gasteiger partial charge is 0.389 e. The molecule has 0 amide bonds. The molecule has 1 aromatic carbocycles. The van der Waals surface area contributed by atoms with Gasteiger partial charge < -0.3 is 19.5 Å². The Kier molecular flexibility index (Phi) is 7.48. The van der Waals surface area contributed by atoms with Crippen LogP contribution in [0, 0.1) is 0 Å². The van der Waals surface area contributed by atoms with E-state index < -0.39 is 6.10 Å². The van der Waals surface area contributed by atoms with E-state index in [-0.39, 0.29) is 0 Å². The summed E-state index contributed by atoms with van der Waals surface area (Å²) in [5, 5.41) is 9.87. The third kappa shape index (κ3) is 5.19. The molecule has 0 heterocycles. The zero-order valence-electron chi connectivity index (χ0n) is 12.1. The second kappa shape index (κ2) is 8.91. The standard InChI is InChI=1S/C15H25NO3/c1-13(17)14-7-4-5-8-15(14)16(10-12-19-3)9-6-11-18-2/h4-5,7-8,13,17H,6,9-12H2,1-3H3. The Hall–Kier alpha value is -1.10. The summed E-state index contributed by atoms with van der Waals surface area (Å²) in [6.45, 7) is 4.90. The Morgan fingerprint density at radius 2 is 1.79 bits per heavy atom. The predicted molar refractivity (Wildman–Crippen MR) is 77.7 cm³/mol. The summed E-state index contributed by atoms with van der Waals surface area (Å²) in [5.74, 6) is 0. The van der Waals surface area contributed by atoms with Crippen LogP contribution in [0.1, 0.15) is 25.0 Å². The number of rotatable bonds is 9. The average molecular weight is 267 g/mol. The second-order valence-corrected chi connectivity index (χ2v) is 4.56. The van der Waals surface area contributed by atoms with Crippen LogP contribution in [-0.2, 0) is 9.47 Å². The molecule has 0 saturated heterocycles. The van der Waals surface area contributed by atoms with Crippen molar-refractivity contribution in [2.45, 2.75) is 19.4 Å². The first kappa shape index (κ1) is 16.0. The highest BCUT2D eigenvalue weighted by atomic mass is 16.5. The SMILES string of the molecule is COCCCN(CCOC)c1ccccc1C(C)O. The van der Waals surface area contributed by atoms with Gasteiger partial charge in [-0.15, -0.1) is 0 Å². The van der Waals surface area contributed by atoms with Crippen molar-refractivity contribution >= 4 is 5.69 Å². The van der Waals surface area contributed by atoms with Crippen LogP contribution in [0.4, 0.5) is 5.69 Å². The van der Waals surface area contributed by atoms with E-state index in [1.54, 1.807) is 21.1 Å². The fraction of sp³-hybridized carbons (Fsp3) is 0.600. The summed E-state index contributed by atoms with van der Waals surface area (Å²) >= 11 is 0. The van der Waals surface area contributed by atoms with E-state index in [4.69, 9.17) is 9.47 Å². The highest BCUT2D eigenvalue weighted by Gasteiger charge is 2.13. The molecule has 0 aromatic heterocycles. The Balaban J connectivity index is 2.82. The van der Waals surface area contributed by atoms with Crippen LogP contribution in [0.3, 0.4) is 0 Å². The molecule has 19 heavy (non-hydrogen) atoms. The number of anilines is 1. The molecule has 0 saturated carbocycles. The minimum atomic E-state index is -0.469. The number of benzene rings is 1. The van der Waals surface area contributed by atoms with Gasteiger partial charge >= 0.3 is 0 Å². The van der Waals surface area contributed by atoms with Gasteiger partial charge in [0.15, 0.2) is 0 Å². The Morgan fingerprint density at radius 1 is 1.11 bits per heavy atom. The van der Waals surface area contributed by atoms with Crippen molar-refractivity contribution in [3.8, 4) is 0 Å². The quantitative estimate of drug-likeness (QED) is 0.697. The van der Waals surface area contributed by atoms with E-state index in [9.17, 15) is 5.11 Å². The van der Waals surface area contributed by atoms with E-state index in [0.29, 0.717) is 6.61 Å². The van der Waals surface area contributed by atoms with Gasteiger partial charge in [-0.2, -0.15) is 0 Å². The lowest BCUT2D eigenvalue weighted by molar-refractivity contribution is 0.189. The minimum Gasteiger partial charge on any atom is -0.389 e. The topological polar surface area (TPSA) is 41.9 Å². The van der Waals surface area contributed by atoms with E-state index in [0.717, 1.165) is 37.4 Å². The van der Waals surface area contributed by atoms with Crippen LogP contribution in [0.5, 0.6) is 0 Å². The van der Waals surface area contributed by atoms with E-state index in [1.165, 1.54) is 0 Å². The maximum atomic E-state index is 9.87. The normalized spacial score (nSPS) is 12.4. The number of ether oxygens (including phenoxy) is 2. The van der Waals surface area contributed by atoms with Crippen LogP contribution in [-0.4, -0.2) is 45.6 Å². The fourth-order valence-electron chi connectivity index (χ4n) is 2.08. The molecule has 1 N–H and O–H groups in total. The molecule has 0 spiro atoms. The lowest BCUT2D eigenvalue weighted by Crippen LogP contribution is -2.30. The number of nitrogens with zero attached hydrogens (tertiary/aromatic N) is 1. The third-order valence-corrected chi connectivity index (χ3v) is 3.07. The summed E-state index contributed by atoms with van der Waals surface area (Å²) < 4.78 is 10.3. The van der Waals surface area contributed by atoms with Crippen molar-refractivity contribution in [2.75, 3.05) is 45.4 Å². The van der Waals surface area contributed by atoms with Gasteiger partial charge in [0.1, 0.15) is 0 Å². The number of para-hydroxylation sites is 1. The Labute approximate surface area is 115 Å². The number of hydrogen-bond donors (Lipinski definition) is 1. The van der Waals surface area contributed by atoms with Gasteiger partial charge in [-0.05, 0) is 19.4 Å². The second-order valence-electron chi connectivity index (χ2n) is 4.56. The molecule has 0 fully saturated rings. The minimum absolute atomic E-state index is 0.469. The first-order valence-electron chi connectivity index (χ1n) is 6.70. The van der Waals surface area contributed by atoms with Gasteiger partial charge in [0.05, 0.1) is 12.7 Å². The number of hydrogen-bond acceptors (Lipinski definition) is 4. The smallest absolute Gasteiger partial charge is 0.0781 e. The Morgan fingerprint density at radius 3 is 2.42 bits per heavy atom. The summed E-state index contributed by atoms with van der Waals surface area (Å²) in [6.07, 6.45) is 0.484. The summed E-state index contributed by atoms with van der Waals surface area (Å²) in [7, 11) is 3.41. The molecule has 0 aliphatic rings. The zero-order valence-corrected chi connectivity index (χ0v) is 12.1. The van der Waals surface area contributed by atoms with Crippen LogP contribution in [0.2, 0.25) is 0 Å². The Bertz CT molecular complexity index is 355. The van der Waals surface area contributed by atoms with Gasteiger partial charge in [0.2, 0.25) is 0 Å². The molecular formula is C15H25NO3. The number of methoxy groups -OCH3 is 2. The molecule has 4 nitrogen and oxygen atoms in total. The molecule has 0 radical (unpaired) electrons. The molecule has 0 aliphatic carbocycles. The molecule has 108 valence electrons. The van der Waals surface area contributed by atoms with Crippen molar-refractivity contribution in [2.24, 2.45) is 0 Å². The molecule has 0 bridgehead atoms. The molecule has 1 aromatic rings. The molecule has 0 aliphatic heterocycles. The zero-order chi connectivity index (χ0) is 14.1. The highest BCUT2D eigenvalue weighted by Crippen LogP contribution is 2.26. The average Bonchev–Trinajstić information content (AvgIpc) is 2.42. The molecule has 4 heteroatoms. The number of aliphatic hydroxyl groups excluding tert-OH is 1. The van der Waals surface area contributed by atoms with Crippen LogP contribution in [0.25, 0.3) is 0 Å². The first-order valence-corrected chi connectivity index (χ1v) is 6.70. The van der Waals surface area contributed by atoms with Crippen molar-refractivity contribution in [3.05, 3.63) is 29.8 Å². The van der Waals surface area contributed by atoms with E-state index in [1.807, 2.05) is 24.3 Å². The van der Waals surface area contributed by atoms with Crippen molar-refractivity contribution < 1.29 is 14.6 Å². The van der Waals surface area contributed by atoms with Crippen molar-refractivity contribution in [1.82, 2.24) is 0 Å². The van der Waals surface area contributed by atoms with Crippen molar-refractivity contribution in [3.63, 3.8) is 0 Å². The van der Waals surface area contributed by atoms with Gasteiger partial charge in [0, 0.05) is 45.2 Å². The lowest BCUT2D eigenvalue weighted by Gasteiger charge is -2.27. The van der Waals surface area contributed by atoms with E-state index in [2.05, 4.69) is 4.90 Å². The summed E-state index contributed by atoms with van der Waals surface area (Å²) in [6, 6.07) is 7.97. The van der Waals surface area contributed by atoms with Crippen LogP contribution in [0.15, 0.2) is 24.3 Å². The summed E-state index contributed by atoms with van der Waals surface area (Å²) in [5.41, 5.74) is 2.03. The maximum Gasteiger partial charge on any atom is 0.0781 e. The molecular weight excluding hydrogens is 242 g/mol. The predicted octanol–water partition coefficient (Wildman–Crippen LogP) is 2.23. The first-order chi connectivity index (χ1) is 9.20. The molecule has 1 unspecified atom stereocenters. The lowest BCUT2D eigenvalue weighted by atomic mass is 10.1. The monoisotopic (exact) mass is 267 g/mol. The van der Waals surface area contributed by atoms with Gasteiger partial charge in [-0.1, -0.05) is 18.2 Å². The van der Waals surface area contributed by atoms with Crippen molar-refractivity contribution in [1.29, 1.82) is 0 Å². The fourth-order valence-corrected chi connectivity index (χ4v) is 2.08.